The van der Waals surface area contributed by atoms with Crippen LogP contribution in [0, 0.1) is 0 Å². The number of fused-ring (bicyclic) bond motifs is 5. The van der Waals surface area contributed by atoms with Gasteiger partial charge in [0.2, 0.25) is 0 Å². The Morgan fingerprint density at radius 3 is 1.71 bits per heavy atom. The number of hydrogen-bond donors (Lipinski definition) is 0. The second-order valence-electron chi connectivity index (χ2n) is 13.7. The van der Waals surface area contributed by atoms with E-state index < -0.39 is 5.41 Å². The Morgan fingerprint density at radius 2 is 0.923 bits per heavy atom. The van der Waals surface area contributed by atoms with Crippen LogP contribution in [0.2, 0.25) is 0 Å². The summed E-state index contributed by atoms with van der Waals surface area (Å²) < 4.78 is 0. The Labute approximate surface area is 304 Å². The first-order chi connectivity index (χ1) is 25.8. The lowest BCUT2D eigenvalue weighted by Gasteiger charge is -2.34. The molecule has 0 radical (unpaired) electrons. The molecular weight excluding hydrogens is 627 g/mol. The lowest BCUT2D eigenvalue weighted by Crippen LogP contribution is -2.28. The Hall–Kier alpha value is -6.70. The molecular formula is C51H35N. The summed E-state index contributed by atoms with van der Waals surface area (Å²) in [5, 5.41) is 4.86. The molecule has 0 unspecified atom stereocenters. The molecule has 1 aliphatic rings. The van der Waals surface area contributed by atoms with Crippen LogP contribution in [0.1, 0.15) is 22.3 Å². The number of anilines is 3. The van der Waals surface area contributed by atoms with E-state index in [2.05, 4.69) is 217 Å². The Bertz CT molecular complexity index is 2690. The molecule has 9 aromatic rings. The second-order valence-corrected chi connectivity index (χ2v) is 13.7. The van der Waals surface area contributed by atoms with Crippen LogP contribution < -0.4 is 4.90 Å². The standard InChI is InChI=1S/C51H35N/c1-4-16-36(17-5-1)38-30-31-40-35-43(33-32-39(40)34-38)52(48-28-14-19-37-18-10-11-24-44(37)48)49-29-15-27-47-50(49)45-25-12-13-26-46(45)51(47,41-20-6-2-7-21-41)42-22-8-3-9-23-42/h1-35H. The minimum atomic E-state index is -0.480. The first-order valence-electron chi connectivity index (χ1n) is 18.0. The van der Waals surface area contributed by atoms with Crippen LogP contribution in [0.25, 0.3) is 43.8 Å². The van der Waals surface area contributed by atoms with Crippen molar-refractivity contribution in [3.63, 3.8) is 0 Å². The quantitative estimate of drug-likeness (QED) is 0.171. The zero-order valence-electron chi connectivity index (χ0n) is 28.7. The fourth-order valence-corrected chi connectivity index (χ4v) is 8.65. The summed E-state index contributed by atoms with van der Waals surface area (Å²) in [7, 11) is 0. The summed E-state index contributed by atoms with van der Waals surface area (Å²) in [5.41, 5.74) is 13.1. The number of nitrogens with zero attached hydrogens (tertiary/aromatic N) is 1. The van der Waals surface area contributed by atoms with Crippen molar-refractivity contribution in [2.24, 2.45) is 0 Å². The molecule has 0 aliphatic heterocycles. The molecule has 0 saturated heterocycles. The summed E-state index contributed by atoms with van der Waals surface area (Å²) in [4.78, 5) is 2.49. The molecule has 0 atom stereocenters. The average molecular weight is 662 g/mol. The van der Waals surface area contributed by atoms with E-state index in [1.54, 1.807) is 0 Å². The molecule has 1 aliphatic carbocycles. The first-order valence-corrected chi connectivity index (χ1v) is 18.0. The van der Waals surface area contributed by atoms with E-state index in [4.69, 9.17) is 0 Å². The van der Waals surface area contributed by atoms with E-state index in [9.17, 15) is 0 Å². The van der Waals surface area contributed by atoms with Crippen molar-refractivity contribution in [1.29, 1.82) is 0 Å². The minimum absolute atomic E-state index is 0.480. The fraction of sp³-hybridized carbons (Fsp3) is 0.0196. The van der Waals surface area contributed by atoms with Crippen LogP contribution in [-0.2, 0) is 5.41 Å². The molecule has 0 heterocycles. The smallest absolute Gasteiger partial charge is 0.0714 e. The molecule has 0 amide bonds. The van der Waals surface area contributed by atoms with E-state index >= 15 is 0 Å². The molecule has 0 saturated carbocycles. The van der Waals surface area contributed by atoms with Crippen molar-refractivity contribution >= 4 is 38.6 Å². The van der Waals surface area contributed by atoms with Gasteiger partial charge in [-0.15, -0.1) is 0 Å². The largest absolute Gasteiger partial charge is 0.309 e. The highest BCUT2D eigenvalue weighted by Gasteiger charge is 2.47. The molecule has 0 bridgehead atoms. The molecule has 9 aromatic carbocycles. The van der Waals surface area contributed by atoms with Crippen molar-refractivity contribution < 1.29 is 0 Å². The lowest BCUT2D eigenvalue weighted by atomic mass is 9.68. The summed E-state index contributed by atoms with van der Waals surface area (Å²) in [6.45, 7) is 0. The van der Waals surface area contributed by atoms with Crippen molar-refractivity contribution in [1.82, 2.24) is 0 Å². The van der Waals surface area contributed by atoms with Gasteiger partial charge in [-0.2, -0.15) is 0 Å². The SMILES string of the molecule is c1ccc(-c2ccc3cc(N(c4cccc5c4-c4ccccc4C5(c4ccccc4)c4ccccc4)c4cccc5ccccc45)ccc3c2)cc1. The van der Waals surface area contributed by atoms with E-state index in [0.29, 0.717) is 0 Å². The van der Waals surface area contributed by atoms with Crippen molar-refractivity contribution in [2.45, 2.75) is 5.41 Å². The van der Waals surface area contributed by atoms with Crippen LogP contribution in [-0.4, -0.2) is 0 Å². The average Bonchev–Trinajstić information content (AvgIpc) is 3.53. The Morgan fingerprint density at radius 1 is 0.346 bits per heavy atom. The minimum Gasteiger partial charge on any atom is -0.309 e. The van der Waals surface area contributed by atoms with Crippen molar-refractivity contribution in [3.8, 4) is 22.3 Å². The molecule has 1 heteroatoms. The van der Waals surface area contributed by atoms with Crippen LogP contribution in [0.5, 0.6) is 0 Å². The third kappa shape index (κ3) is 4.63. The maximum Gasteiger partial charge on any atom is 0.0714 e. The van der Waals surface area contributed by atoms with Gasteiger partial charge in [0, 0.05) is 16.6 Å². The molecule has 0 aromatic heterocycles. The number of rotatable bonds is 6. The van der Waals surface area contributed by atoms with Gasteiger partial charge in [0.15, 0.2) is 0 Å². The maximum atomic E-state index is 2.49. The third-order valence-electron chi connectivity index (χ3n) is 10.9. The molecule has 0 N–H and O–H groups in total. The molecule has 0 spiro atoms. The summed E-state index contributed by atoms with van der Waals surface area (Å²) in [5.74, 6) is 0. The third-order valence-corrected chi connectivity index (χ3v) is 10.9. The number of benzene rings is 9. The Kier molecular flexibility index (Phi) is 7.11. The molecule has 52 heavy (non-hydrogen) atoms. The maximum absolute atomic E-state index is 2.49. The first kappa shape index (κ1) is 30.2. The lowest BCUT2D eigenvalue weighted by molar-refractivity contribution is 0.768. The van der Waals surface area contributed by atoms with Crippen LogP contribution in [0.3, 0.4) is 0 Å². The normalized spacial score (nSPS) is 12.8. The predicted molar refractivity (Wildman–Crippen MR) is 219 cm³/mol. The van der Waals surface area contributed by atoms with Gasteiger partial charge in [-0.25, -0.2) is 0 Å². The fourth-order valence-electron chi connectivity index (χ4n) is 8.65. The summed E-state index contributed by atoms with van der Waals surface area (Å²) in [6.07, 6.45) is 0. The highest BCUT2D eigenvalue weighted by molar-refractivity contribution is 6.04. The van der Waals surface area contributed by atoms with Gasteiger partial charge in [0.25, 0.3) is 0 Å². The van der Waals surface area contributed by atoms with Crippen LogP contribution in [0.15, 0.2) is 212 Å². The van der Waals surface area contributed by atoms with Gasteiger partial charge in [-0.1, -0.05) is 182 Å². The van der Waals surface area contributed by atoms with Gasteiger partial charge >= 0.3 is 0 Å². The van der Waals surface area contributed by atoms with Gasteiger partial charge < -0.3 is 4.90 Å². The van der Waals surface area contributed by atoms with E-state index in [0.717, 1.165) is 17.1 Å². The second kappa shape index (κ2) is 12.3. The zero-order chi connectivity index (χ0) is 34.5. The highest BCUT2D eigenvalue weighted by Crippen LogP contribution is 2.59. The molecule has 1 nitrogen and oxygen atoms in total. The highest BCUT2D eigenvalue weighted by atomic mass is 15.1. The predicted octanol–water partition coefficient (Wildman–Crippen LogP) is 13.5. The van der Waals surface area contributed by atoms with Gasteiger partial charge in [0.1, 0.15) is 0 Å². The summed E-state index contributed by atoms with van der Waals surface area (Å²) in [6, 6.07) is 77.8. The van der Waals surface area contributed by atoms with E-state index in [1.807, 2.05) is 0 Å². The van der Waals surface area contributed by atoms with E-state index in [1.165, 1.54) is 66.1 Å². The molecule has 0 fully saturated rings. The van der Waals surface area contributed by atoms with Crippen molar-refractivity contribution in [2.75, 3.05) is 4.90 Å². The Balaban J connectivity index is 1.26. The van der Waals surface area contributed by atoms with Crippen LogP contribution in [0.4, 0.5) is 17.1 Å². The van der Waals surface area contributed by atoms with E-state index in [-0.39, 0.29) is 0 Å². The summed E-state index contributed by atoms with van der Waals surface area (Å²) >= 11 is 0. The van der Waals surface area contributed by atoms with Gasteiger partial charge in [-0.05, 0) is 85.4 Å². The van der Waals surface area contributed by atoms with Crippen LogP contribution >= 0.6 is 0 Å². The molecule has 244 valence electrons. The number of hydrogen-bond acceptors (Lipinski definition) is 1. The van der Waals surface area contributed by atoms with Crippen molar-refractivity contribution in [3.05, 3.63) is 235 Å². The van der Waals surface area contributed by atoms with Gasteiger partial charge in [0.05, 0.1) is 16.8 Å². The topological polar surface area (TPSA) is 3.24 Å². The monoisotopic (exact) mass is 661 g/mol. The van der Waals surface area contributed by atoms with Gasteiger partial charge in [-0.3, -0.25) is 0 Å². The zero-order valence-corrected chi connectivity index (χ0v) is 28.7. The molecule has 10 rings (SSSR count).